The van der Waals surface area contributed by atoms with Gasteiger partial charge in [0.1, 0.15) is 5.82 Å². The third-order valence-electron chi connectivity index (χ3n) is 8.73. The van der Waals surface area contributed by atoms with Crippen molar-refractivity contribution in [2.24, 2.45) is 7.05 Å². The number of nitrogens with one attached hydrogen (secondary N) is 2. The van der Waals surface area contributed by atoms with Gasteiger partial charge in [-0.05, 0) is 39.8 Å². The minimum Gasteiger partial charge on any atom is -0.367 e. The first-order valence-electron chi connectivity index (χ1n) is 14.9. The number of hydrogen-bond acceptors (Lipinski definition) is 7. The summed E-state index contributed by atoms with van der Waals surface area (Å²) in [5, 5.41) is 7.25. The minimum absolute atomic E-state index is 0.0197. The molecular weight excluding hydrogens is 612 g/mol. The second-order valence-corrected chi connectivity index (χ2v) is 12.8. The van der Waals surface area contributed by atoms with Gasteiger partial charge in [-0.3, -0.25) is 19.3 Å². The maximum Gasteiger partial charge on any atom is 0.417 e. The van der Waals surface area contributed by atoms with E-state index in [1.54, 1.807) is 0 Å². The van der Waals surface area contributed by atoms with Gasteiger partial charge in [0.2, 0.25) is 0 Å². The second-order valence-electron chi connectivity index (χ2n) is 12.0. The van der Waals surface area contributed by atoms with E-state index in [1.807, 2.05) is 25.8 Å². The molecule has 0 unspecified atom stereocenters. The molecule has 45 heavy (non-hydrogen) atoms. The normalized spacial score (nSPS) is 19.9. The number of halogens is 4. The Morgan fingerprint density at radius 1 is 1.00 bits per heavy atom. The minimum atomic E-state index is -4.96. The van der Waals surface area contributed by atoms with Gasteiger partial charge in [0.05, 0.1) is 28.2 Å². The highest BCUT2D eigenvalue weighted by Crippen LogP contribution is 2.37. The molecule has 2 aliphatic rings. The number of nitrogens with zero attached hydrogens (tertiary/aromatic N) is 4. The molecule has 0 bridgehead atoms. The van der Waals surface area contributed by atoms with Gasteiger partial charge in [-0.1, -0.05) is 19.3 Å². The average molecular weight is 649 g/mol. The van der Waals surface area contributed by atoms with Crippen molar-refractivity contribution in [3.05, 3.63) is 62.1 Å². The van der Waals surface area contributed by atoms with Crippen molar-refractivity contribution in [3.63, 3.8) is 0 Å². The summed E-state index contributed by atoms with van der Waals surface area (Å²) < 4.78 is 58.3. The summed E-state index contributed by atoms with van der Waals surface area (Å²) in [6, 6.07) is 3.13. The lowest BCUT2D eigenvalue weighted by Crippen LogP contribution is -2.55. The zero-order chi connectivity index (χ0) is 32.6. The Morgan fingerprint density at radius 2 is 1.67 bits per heavy atom. The molecule has 5 rings (SSSR count). The summed E-state index contributed by atoms with van der Waals surface area (Å²) in [6.45, 7) is 4.94. The van der Waals surface area contributed by atoms with E-state index in [0.717, 1.165) is 54.2 Å². The van der Waals surface area contributed by atoms with E-state index in [1.165, 1.54) is 24.6 Å². The van der Waals surface area contributed by atoms with Gasteiger partial charge in [0, 0.05) is 67.5 Å². The maximum absolute atomic E-state index is 15.8. The van der Waals surface area contributed by atoms with Crippen LogP contribution in [0.2, 0.25) is 0 Å². The van der Waals surface area contributed by atoms with E-state index in [9.17, 15) is 27.6 Å². The van der Waals surface area contributed by atoms with E-state index in [0.29, 0.717) is 24.8 Å². The predicted octanol–water partition coefficient (Wildman–Crippen LogP) is 5.51. The summed E-state index contributed by atoms with van der Waals surface area (Å²) in [6.07, 6.45) is 0.852. The number of aryl methyl sites for hydroxylation is 1. The van der Waals surface area contributed by atoms with Crippen LogP contribution in [0.4, 0.5) is 28.9 Å². The van der Waals surface area contributed by atoms with Crippen molar-refractivity contribution >= 4 is 34.5 Å². The molecule has 1 saturated carbocycles. The highest BCUT2D eigenvalue weighted by molar-refractivity contribution is 7.12. The van der Waals surface area contributed by atoms with Crippen molar-refractivity contribution in [2.75, 3.05) is 30.4 Å². The van der Waals surface area contributed by atoms with Crippen LogP contribution >= 0.6 is 11.3 Å². The highest BCUT2D eigenvalue weighted by Gasteiger charge is 2.37. The Labute approximate surface area is 262 Å². The standard InChI is InChI=1S/C31H36F4N6O3S/c1-17-13-41(14-18(2)40(17)4)26-12-23(32)20(25-16-45-30(38-25)29(44)36-19-8-6-5-7-9-19)10-24(26)37-28(43)21-15-39(3)27(42)11-22(21)31(33,34)35/h10-12,15-19H,5-9,13-14H2,1-4H3,(H,36,44)(H,37,43)/t17-,18+. The van der Waals surface area contributed by atoms with Gasteiger partial charge in [0.15, 0.2) is 5.01 Å². The largest absolute Gasteiger partial charge is 0.417 e. The third-order valence-corrected chi connectivity index (χ3v) is 9.57. The van der Waals surface area contributed by atoms with Crippen molar-refractivity contribution in [1.82, 2.24) is 19.8 Å². The lowest BCUT2D eigenvalue weighted by atomic mass is 9.95. The molecule has 1 aromatic carbocycles. The van der Waals surface area contributed by atoms with E-state index in [2.05, 4.69) is 20.5 Å². The van der Waals surface area contributed by atoms with Crippen LogP contribution < -0.4 is 21.1 Å². The zero-order valence-electron chi connectivity index (χ0n) is 25.5. The number of amides is 2. The molecule has 2 atom stereocenters. The van der Waals surface area contributed by atoms with E-state index in [4.69, 9.17) is 0 Å². The van der Waals surface area contributed by atoms with Crippen LogP contribution in [-0.4, -0.2) is 64.5 Å². The first kappa shape index (κ1) is 32.6. The number of carbonyl (C=O) groups is 2. The van der Waals surface area contributed by atoms with Crippen LogP contribution in [-0.2, 0) is 13.2 Å². The number of benzene rings is 1. The van der Waals surface area contributed by atoms with Crippen LogP contribution in [0.1, 0.15) is 71.7 Å². The van der Waals surface area contributed by atoms with Crippen LogP contribution in [0.15, 0.2) is 34.6 Å². The van der Waals surface area contributed by atoms with Crippen LogP contribution in [0.3, 0.4) is 0 Å². The quantitative estimate of drug-likeness (QED) is 0.342. The molecule has 0 spiro atoms. The van der Waals surface area contributed by atoms with Gasteiger partial charge < -0.3 is 20.1 Å². The molecule has 242 valence electrons. The van der Waals surface area contributed by atoms with Gasteiger partial charge in [-0.15, -0.1) is 11.3 Å². The monoisotopic (exact) mass is 648 g/mol. The van der Waals surface area contributed by atoms with Gasteiger partial charge >= 0.3 is 6.18 Å². The Hall–Kier alpha value is -3.78. The van der Waals surface area contributed by atoms with E-state index < -0.39 is 34.6 Å². The molecule has 14 heteroatoms. The fraction of sp³-hybridized carbons (Fsp3) is 0.484. The smallest absolute Gasteiger partial charge is 0.367 e. The molecule has 1 aliphatic heterocycles. The number of thiazole rings is 1. The van der Waals surface area contributed by atoms with Crippen molar-refractivity contribution in [1.29, 1.82) is 0 Å². The molecule has 2 fully saturated rings. The number of anilines is 2. The lowest BCUT2D eigenvalue weighted by Gasteiger charge is -2.44. The molecule has 2 N–H and O–H groups in total. The van der Waals surface area contributed by atoms with Gasteiger partial charge in [-0.2, -0.15) is 13.2 Å². The molecule has 9 nitrogen and oxygen atoms in total. The summed E-state index contributed by atoms with van der Waals surface area (Å²) in [7, 11) is 3.22. The maximum atomic E-state index is 15.8. The van der Waals surface area contributed by atoms with E-state index >= 15 is 4.39 Å². The Balaban J connectivity index is 1.53. The van der Waals surface area contributed by atoms with Gasteiger partial charge in [-0.25, -0.2) is 9.37 Å². The Kier molecular flexibility index (Phi) is 9.36. The number of alkyl halides is 3. The number of aromatic nitrogens is 2. The number of rotatable bonds is 6. The van der Waals surface area contributed by atoms with Crippen LogP contribution in [0, 0.1) is 5.82 Å². The number of hydrogen-bond donors (Lipinski definition) is 2. The van der Waals surface area contributed by atoms with Crippen molar-refractivity contribution < 1.29 is 27.2 Å². The molecular formula is C31H36F4N6O3S. The molecule has 0 radical (unpaired) electrons. The summed E-state index contributed by atoms with van der Waals surface area (Å²) >= 11 is 1.06. The molecule has 1 saturated heterocycles. The Bertz CT molecular complexity index is 1640. The number of piperazine rings is 1. The highest BCUT2D eigenvalue weighted by atomic mass is 32.1. The first-order valence-corrected chi connectivity index (χ1v) is 15.8. The predicted molar refractivity (Wildman–Crippen MR) is 165 cm³/mol. The number of carbonyl (C=O) groups excluding carboxylic acids is 2. The molecule has 2 aromatic heterocycles. The lowest BCUT2D eigenvalue weighted by molar-refractivity contribution is -0.138. The Morgan fingerprint density at radius 3 is 2.31 bits per heavy atom. The number of pyridine rings is 1. The summed E-state index contributed by atoms with van der Waals surface area (Å²) in [5.74, 6) is -2.12. The molecule has 3 heterocycles. The number of likely N-dealkylation sites (N-methyl/N-ethyl adjacent to an activating group) is 1. The first-order chi connectivity index (χ1) is 21.2. The molecule has 3 aromatic rings. The molecule has 2 amide bonds. The summed E-state index contributed by atoms with van der Waals surface area (Å²) in [4.78, 5) is 46.8. The van der Waals surface area contributed by atoms with Crippen molar-refractivity contribution in [3.8, 4) is 11.3 Å². The second kappa shape index (κ2) is 12.9. The van der Waals surface area contributed by atoms with Crippen LogP contribution in [0.25, 0.3) is 11.3 Å². The molecule has 1 aliphatic carbocycles. The zero-order valence-corrected chi connectivity index (χ0v) is 26.3. The van der Waals surface area contributed by atoms with Crippen molar-refractivity contribution in [2.45, 2.75) is 70.3 Å². The SMILES string of the molecule is C[C@@H]1CN(c2cc(F)c(-c3csc(C(=O)NC4CCCCC4)n3)cc2NC(=O)c2cn(C)c(=O)cc2C(F)(F)F)C[C@H](C)N1C. The topological polar surface area (TPSA) is 99.6 Å². The fourth-order valence-corrected chi connectivity index (χ4v) is 6.67. The van der Waals surface area contributed by atoms with Crippen LogP contribution in [0.5, 0.6) is 0 Å². The third kappa shape index (κ3) is 7.06. The fourth-order valence-electron chi connectivity index (χ4n) is 5.95. The average Bonchev–Trinajstić information content (AvgIpc) is 3.48. The van der Waals surface area contributed by atoms with E-state index in [-0.39, 0.29) is 46.0 Å². The van der Waals surface area contributed by atoms with Gasteiger partial charge in [0.25, 0.3) is 17.4 Å². The summed E-state index contributed by atoms with van der Waals surface area (Å²) in [5.41, 5.74) is -2.54.